The van der Waals surface area contributed by atoms with Crippen LogP contribution in [0.2, 0.25) is 0 Å². The molecule has 1 unspecified atom stereocenters. The van der Waals surface area contributed by atoms with Crippen molar-refractivity contribution in [3.8, 4) is 23.0 Å². The molecule has 158 valence electrons. The second kappa shape index (κ2) is 10.3. The first kappa shape index (κ1) is 21.9. The highest BCUT2D eigenvalue weighted by atomic mass is 31.1. The quantitative estimate of drug-likeness (QED) is 0.506. The maximum Gasteiger partial charge on any atom is 0.163 e. The van der Waals surface area contributed by atoms with Gasteiger partial charge in [-0.3, -0.25) is 4.57 Å². The van der Waals surface area contributed by atoms with E-state index in [2.05, 4.69) is 6.08 Å². The van der Waals surface area contributed by atoms with Crippen LogP contribution in [0.3, 0.4) is 0 Å². The molecule has 1 aliphatic carbocycles. The summed E-state index contributed by atoms with van der Waals surface area (Å²) in [4.78, 5) is 0. The fourth-order valence-corrected chi connectivity index (χ4v) is 4.47. The molecule has 1 aliphatic rings. The van der Waals surface area contributed by atoms with Crippen LogP contribution in [-0.2, 0) is 4.57 Å². The molecule has 0 radical (unpaired) electrons. The Labute approximate surface area is 179 Å². The van der Waals surface area contributed by atoms with Gasteiger partial charge < -0.3 is 18.9 Å². The van der Waals surface area contributed by atoms with Gasteiger partial charge >= 0.3 is 0 Å². The maximum absolute atomic E-state index is 12.0. The van der Waals surface area contributed by atoms with E-state index in [9.17, 15) is 4.57 Å². The lowest BCUT2D eigenvalue weighted by Crippen LogP contribution is -2.12. The summed E-state index contributed by atoms with van der Waals surface area (Å²) in [7, 11) is 6.67. The lowest BCUT2D eigenvalue weighted by molar-refractivity contribution is 0.392. The summed E-state index contributed by atoms with van der Waals surface area (Å²) in [6.07, 6.45) is 6.82. The van der Waals surface area contributed by atoms with Crippen molar-refractivity contribution in [1.29, 1.82) is 0 Å². The molecule has 0 spiro atoms. The molecule has 0 aromatic heterocycles. The Bertz CT molecular complexity index is 920. The molecule has 0 amide bonds. The fourth-order valence-electron chi connectivity index (χ4n) is 3.83. The van der Waals surface area contributed by atoms with E-state index in [0.717, 1.165) is 53.0 Å². The standard InChI is InChI=1S/C24H27O5P/c1-26-20-9-6-10-21(27-2)18(20)14-16-8-5-13-24(30-25)17(16)15-19-22(28-3)11-7-12-23(19)29-4/h6-7,9-12,14-15,24H,5,8,13H2,1-4H3. The molecular formula is C24H27O5P. The molecule has 2 aromatic carbocycles. The number of rotatable bonds is 7. The molecule has 1 fully saturated rings. The molecule has 1 saturated carbocycles. The Morgan fingerprint density at radius 3 is 1.70 bits per heavy atom. The summed E-state index contributed by atoms with van der Waals surface area (Å²) in [6, 6.07) is 11.4. The van der Waals surface area contributed by atoms with Gasteiger partial charge in [0.15, 0.2) is 8.46 Å². The van der Waals surface area contributed by atoms with Crippen molar-refractivity contribution in [1.82, 2.24) is 0 Å². The zero-order chi connectivity index (χ0) is 21.5. The van der Waals surface area contributed by atoms with Crippen LogP contribution in [0, 0.1) is 0 Å². The number of ether oxygens (including phenoxy) is 4. The first-order valence-electron chi connectivity index (χ1n) is 9.83. The molecule has 1 atom stereocenters. The number of allylic oxidation sites excluding steroid dienone is 2. The van der Waals surface area contributed by atoms with Gasteiger partial charge in [0.25, 0.3) is 0 Å². The average molecular weight is 426 g/mol. The molecule has 0 saturated heterocycles. The van der Waals surface area contributed by atoms with E-state index in [4.69, 9.17) is 18.9 Å². The normalized spacial score (nSPS) is 19.1. The lowest BCUT2D eigenvalue weighted by Gasteiger charge is -2.25. The molecule has 30 heavy (non-hydrogen) atoms. The SMILES string of the molecule is COc1cccc(OC)c1C=C1CCCC(P=O)C1=Cc1c(OC)cccc1OC. The van der Waals surface area contributed by atoms with Crippen molar-refractivity contribution < 1.29 is 23.5 Å². The van der Waals surface area contributed by atoms with E-state index in [1.807, 2.05) is 42.5 Å². The van der Waals surface area contributed by atoms with Crippen molar-refractivity contribution in [2.24, 2.45) is 0 Å². The smallest absolute Gasteiger partial charge is 0.163 e. The first-order chi connectivity index (χ1) is 14.7. The summed E-state index contributed by atoms with van der Waals surface area (Å²) in [5.74, 6) is 2.89. The number of methoxy groups -OCH3 is 4. The minimum atomic E-state index is -0.0969. The van der Waals surface area contributed by atoms with Gasteiger partial charge in [0.05, 0.1) is 45.2 Å². The minimum Gasteiger partial charge on any atom is -0.496 e. The van der Waals surface area contributed by atoms with Gasteiger partial charge in [-0.1, -0.05) is 12.1 Å². The second-order valence-electron chi connectivity index (χ2n) is 6.94. The number of hydrogen-bond donors (Lipinski definition) is 0. The molecule has 0 aliphatic heterocycles. The van der Waals surface area contributed by atoms with E-state index in [1.54, 1.807) is 28.4 Å². The van der Waals surface area contributed by atoms with Crippen LogP contribution < -0.4 is 18.9 Å². The topological polar surface area (TPSA) is 54.0 Å². The van der Waals surface area contributed by atoms with Crippen LogP contribution in [0.25, 0.3) is 12.2 Å². The molecule has 0 N–H and O–H groups in total. The van der Waals surface area contributed by atoms with Crippen molar-refractivity contribution >= 4 is 20.6 Å². The van der Waals surface area contributed by atoms with E-state index in [0.29, 0.717) is 11.5 Å². The summed E-state index contributed by atoms with van der Waals surface area (Å²) >= 11 is 0. The van der Waals surface area contributed by atoms with Crippen LogP contribution in [0.1, 0.15) is 30.4 Å². The Hall–Kier alpha value is -2.78. The summed E-state index contributed by atoms with van der Waals surface area (Å²) in [5, 5.41) is 0. The molecule has 2 aromatic rings. The predicted molar refractivity (Wildman–Crippen MR) is 120 cm³/mol. The third-order valence-electron chi connectivity index (χ3n) is 5.33. The van der Waals surface area contributed by atoms with Crippen LogP contribution in [0.4, 0.5) is 0 Å². The number of benzene rings is 2. The van der Waals surface area contributed by atoms with Crippen molar-refractivity contribution in [3.05, 3.63) is 58.7 Å². The average Bonchev–Trinajstić information content (AvgIpc) is 2.80. The monoisotopic (exact) mass is 426 g/mol. The van der Waals surface area contributed by atoms with Crippen LogP contribution in [0.15, 0.2) is 47.5 Å². The van der Waals surface area contributed by atoms with Gasteiger partial charge in [-0.2, -0.15) is 0 Å². The van der Waals surface area contributed by atoms with Gasteiger partial charge in [0.1, 0.15) is 23.0 Å². The Balaban J connectivity index is 2.20. The van der Waals surface area contributed by atoms with Crippen molar-refractivity contribution in [2.45, 2.75) is 24.9 Å². The summed E-state index contributed by atoms with van der Waals surface area (Å²) < 4.78 is 34.3. The molecular weight excluding hydrogens is 399 g/mol. The van der Waals surface area contributed by atoms with Crippen LogP contribution in [0.5, 0.6) is 23.0 Å². The molecule has 6 heteroatoms. The Kier molecular flexibility index (Phi) is 7.53. The zero-order valence-electron chi connectivity index (χ0n) is 17.8. The third-order valence-corrected chi connectivity index (χ3v) is 6.12. The highest BCUT2D eigenvalue weighted by Gasteiger charge is 2.25. The van der Waals surface area contributed by atoms with E-state index >= 15 is 0 Å². The Morgan fingerprint density at radius 2 is 1.27 bits per heavy atom. The van der Waals surface area contributed by atoms with E-state index in [1.165, 1.54) is 0 Å². The van der Waals surface area contributed by atoms with Crippen LogP contribution >= 0.6 is 8.46 Å². The van der Waals surface area contributed by atoms with Gasteiger partial charge in [0, 0.05) is 0 Å². The largest absolute Gasteiger partial charge is 0.496 e. The maximum atomic E-state index is 12.0. The van der Waals surface area contributed by atoms with Crippen molar-refractivity contribution in [2.75, 3.05) is 28.4 Å². The van der Waals surface area contributed by atoms with E-state index < -0.39 is 0 Å². The summed E-state index contributed by atoms with van der Waals surface area (Å²) in [5.41, 5.74) is 3.73. The second-order valence-corrected chi connectivity index (χ2v) is 7.77. The van der Waals surface area contributed by atoms with Gasteiger partial charge in [-0.15, -0.1) is 0 Å². The molecule has 0 heterocycles. The minimum absolute atomic E-state index is 0.0969. The van der Waals surface area contributed by atoms with E-state index in [-0.39, 0.29) is 14.1 Å². The molecule has 0 bridgehead atoms. The Morgan fingerprint density at radius 1 is 0.800 bits per heavy atom. The van der Waals surface area contributed by atoms with Gasteiger partial charge in [-0.25, -0.2) is 0 Å². The zero-order valence-corrected chi connectivity index (χ0v) is 18.7. The summed E-state index contributed by atoms with van der Waals surface area (Å²) in [6.45, 7) is 0. The van der Waals surface area contributed by atoms with Crippen LogP contribution in [-0.4, -0.2) is 34.1 Å². The fraction of sp³-hybridized carbons (Fsp3) is 0.333. The van der Waals surface area contributed by atoms with Crippen molar-refractivity contribution in [3.63, 3.8) is 0 Å². The first-order valence-corrected chi connectivity index (χ1v) is 10.7. The van der Waals surface area contributed by atoms with Gasteiger partial charge in [-0.05, 0) is 66.8 Å². The molecule has 5 nitrogen and oxygen atoms in total. The predicted octanol–water partition coefficient (Wildman–Crippen LogP) is 6.03. The molecule has 3 rings (SSSR count). The highest BCUT2D eigenvalue weighted by molar-refractivity contribution is 7.25. The lowest BCUT2D eigenvalue weighted by atomic mass is 9.86. The number of hydrogen-bond acceptors (Lipinski definition) is 5. The van der Waals surface area contributed by atoms with Gasteiger partial charge in [0.2, 0.25) is 0 Å². The highest BCUT2D eigenvalue weighted by Crippen LogP contribution is 2.42. The third kappa shape index (κ3) is 4.52.